The molecule has 7 heteroatoms. The Morgan fingerprint density at radius 1 is 1.03 bits per heavy atom. The van der Waals surface area contributed by atoms with Crippen molar-refractivity contribution in [3.63, 3.8) is 0 Å². The molecule has 4 aromatic carbocycles. The number of aromatic hydroxyl groups is 2. The fraction of sp³-hybridized carbons (Fsp3) is 0.0833. The summed E-state index contributed by atoms with van der Waals surface area (Å²) in [6, 6.07) is 15.6. The quantitative estimate of drug-likeness (QED) is 0.372. The fourth-order valence-electron chi connectivity index (χ4n) is 4.01. The van der Waals surface area contributed by atoms with Gasteiger partial charge in [0, 0.05) is 16.5 Å². The SMILES string of the molecule is COC(=O)c1cc2ccccc2c(-c2c(O)ccc3ccc4nc(CO)oc4c23)c1O. The maximum atomic E-state index is 12.4. The summed E-state index contributed by atoms with van der Waals surface area (Å²) in [5.74, 6) is -0.984. The molecular weight excluding hydrogens is 398 g/mol. The first-order valence-corrected chi connectivity index (χ1v) is 9.52. The van der Waals surface area contributed by atoms with E-state index in [4.69, 9.17) is 9.15 Å². The van der Waals surface area contributed by atoms with Gasteiger partial charge >= 0.3 is 5.97 Å². The van der Waals surface area contributed by atoms with Gasteiger partial charge in [-0.25, -0.2) is 9.78 Å². The summed E-state index contributed by atoms with van der Waals surface area (Å²) in [5.41, 5.74) is 1.41. The highest BCUT2D eigenvalue weighted by atomic mass is 16.5. The molecule has 7 nitrogen and oxygen atoms in total. The average Bonchev–Trinajstić information content (AvgIpc) is 3.22. The second kappa shape index (κ2) is 7.00. The third-order valence-corrected chi connectivity index (χ3v) is 5.37. The molecule has 1 heterocycles. The predicted molar refractivity (Wildman–Crippen MR) is 115 cm³/mol. The van der Waals surface area contributed by atoms with Crippen LogP contribution in [0.15, 0.2) is 59.0 Å². The Balaban J connectivity index is 2.01. The number of aliphatic hydroxyl groups excluding tert-OH is 1. The summed E-state index contributed by atoms with van der Waals surface area (Å²) >= 11 is 0. The third-order valence-electron chi connectivity index (χ3n) is 5.37. The number of hydrogen-bond donors (Lipinski definition) is 3. The molecule has 0 bridgehead atoms. The van der Waals surface area contributed by atoms with Crippen LogP contribution in [0.2, 0.25) is 0 Å². The van der Waals surface area contributed by atoms with Crippen molar-refractivity contribution in [2.75, 3.05) is 7.11 Å². The Morgan fingerprint density at radius 3 is 2.58 bits per heavy atom. The van der Waals surface area contributed by atoms with Crippen molar-refractivity contribution in [1.82, 2.24) is 4.98 Å². The number of rotatable bonds is 3. The Labute approximate surface area is 175 Å². The van der Waals surface area contributed by atoms with Crippen LogP contribution in [-0.4, -0.2) is 33.4 Å². The van der Waals surface area contributed by atoms with E-state index in [1.807, 2.05) is 12.1 Å². The van der Waals surface area contributed by atoms with Gasteiger partial charge in [0.15, 0.2) is 5.58 Å². The van der Waals surface area contributed by atoms with Crippen molar-refractivity contribution in [3.05, 3.63) is 66.1 Å². The molecule has 0 aliphatic carbocycles. The minimum absolute atomic E-state index is 0.0200. The van der Waals surface area contributed by atoms with Gasteiger partial charge in [-0.05, 0) is 34.4 Å². The van der Waals surface area contributed by atoms with Gasteiger partial charge in [0.2, 0.25) is 5.89 Å². The van der Waals surface area contributed by atoms with Crippen molar-refractivity contribution < 1.29 is 29.3 Å². The molecule has 31 heavy (non-hydrogen) atoms. The lowest BCUT2D eigenvalue weighted by molar-refractivity contribution is 0.0597. The normalized spacial score (nSPS) is 11.4. The number of oxazole rings is 1. The molecule has 0 saturated carbocycles. The minimum Gasteiger partial charge on any atom is -0.507 e. The number of phenolic OH excluding ortho intramolecular Hbond substituents is 2. The second-order valence-corrected chi connectivity index (χ2v) is 7.10. The first-order valence-electron chi connectivity index (χ1n) is 9.52. The zero-order valence-corrected chi connectivity index (χ0v) is 16.4. The Kier molecular flexibility index (Phi) is 4.27. The maximum Gasteiger partial charge on any atom is 0.341 e. The maximum absolute atomic E-state index is 12.4. The van der Waals surface area contributed by atoms with Gasteiger partial charge < -0.3 is 24.5 Å². The summed E-state index contributed by atoms with van der Waals surface area (Å²) < 4.78 is 10.6. The van der Waals surface area contributed by atoms with Gasteiger partial charge in [-0.3, -0.25) is 0 Å². The smallest absolute Gasteiger partial charge is 0.341 e. The summed E-state index contributed by atoms with van der Waals surface area (Å²) in [5, 5.41) is 34.1. The highest BCUT2D eigenvalue weighted by molar-refractivity contribution is 6.18. The van der Waals surface area contributed by atoms with Gasteiger partial charge in [-0.1, -0.05) is 36.4 Å². The van der Waals surface area contributed by atoms with Crippen LogP contribution in [0.3, 0.4) is 0 Å². The minimum atomic E-state index is -0.698. The predicted octanol–water partition coefficient (Wildman–Crippen LogP) is 4.49. The van der Waals surface area contributed by atoms with Crippen LogP contribution < -0.4 is 0 Å². The van der Waals surface area contributed by atoms with Gasteiger partial charge in [0.05, 0.1) is 7.11 Å². The molecule has 5 aromatic rings. The summed E-state index contributed by atoms with van der Waals surface area (Å²) in [7, 11) is 1.24. The largest absolute Gasteiger partial charge is 0.507 e. The molecule has 0 aliphatic heterocycles. The van der Waals surface area contributed by atoms with E-state index in [0.29, 0.717) is 32.8 Å². The third kappa shape index (κ3) is 2.78. The highest BCUT2D eigenvalue weighted by Crippen LogP contribution is 2.47. The van der Waals surface area contributed by atoms with Crippen LogP contribution in [0.1, 0.15) is 16.2 Å². The van der Waals surface area contributed by atoms with Crippen molar-refractivity contribution in [1.29, 1.82) is 0 Å². The van der Waals surface area contributed by atoms with Crippen LogP contribution in [-0.2, 0) is 11.3 Å². The topological polar surface area (TPSA) is 113 Å². The van der Waals surface area contributed by atoms with Crippen LogP contribution >= 0.6 is 0 Å². The van der Waals surface area contributed by atoms with E-state index in [1.165, 1.54) is 13.2 Å². The van der Waals surface area contributed by atoms with E-state index < -0.39 is 5.97 Å². The van der Waals surface area contributed by atoms with Gasteiger partial charge in [-0.15, -0.1) is 0 Å². The summed E-state index contributed by atoms with van der Waals surface area (Å²) in [4.78, 5) is 16.6. The van der Waals surface area contributed by atoms with Crippen molar-refractivity contribution in [2.45, 2.75) is 6.61 Å². The van der Waals surface area contributed by atoms with Crippen LogP contribution in [0.5, 0.6) is 11.5 Å². The second-order valence-electron chi connectivity index (χ2n) is 7.10. The molecule has 0 spiro atoms. The molecule has 0 unspecified atom stereocenters. The average molecular weight is 415 g/mol. The van der Waals surface area contributed by atoms with Crippen molar-refractivity contribution >= 4 is 38.6 Å². The number of aromatic nitrogens is 1. The Hall–Kier alpha value is -4.10. The fourth-order valence-corrected chi connectivity index (χ4v) is 4.01. The van der Waals surface area contributed by atoms with Crippen molar-refractivity contribution in [3.8, 4) is 22.6 Å². The zero-order chi connectivity index (χ0) is 21.7. The number of esters is 1. The lowest BCUT2D eigenvalue weighted by Crippen LogP contribution is -2.03. The van der Waals surface area contributed by atoms with Crippen molar-refractivity contribution in [2.24, 2.45) is 0 Å². The monoisotopic (exact) mass is 415 g/mol. The number of methoxy groups -OCH3 is 1. The van der Waals surface area contributed by atoms with Crippen LogP contribution in [0.25, 0.3) is 43.8 Å². The number of hydrogen-bond acceptors (Lipinski definition) is 7. The molecular formula is C24H17NO6. The molecule has 0 atom stereocenters. The number of aliphatic hydroxyl groups is 1. The van der Waals surface area contributed by atoms with Gasteiger partial charge in [0.1, 0.15) is 29.2 Å². The molecule has 0 fully saturated rings. The number of benzene rings is 4. The lowest BCUT2D eigenvalue weighted by atomic mass is 9.90. The number of carbonyl (C=O) groups excluding carboxylic acids is 1. The van der Waals surface area contributed by atoms with E-state index in [2.05, 4.69) is 4.98 Å². The number of phenols is 2. The zero-order valence-electron chi connectivity index (χ0n) is 16.4. The van der Waals surface area contributed by atoms with Crippen LogP contribution in [0.4, 0.5) is 0 Å². The number of nitrogens with zero attached hydrogens (tertiary/aromatic N) is 1. The molecule has 0 amide bonds. The Morgan fingerprint density at radius 2 is 1.81 bits per heavy atom. The number of fused-ring (bicyclic) bond motifs is 4. The van der Waals surface area contributed by atoms with Gasteiger partial charge in [-0.2, -0.15) is 0 Å². The number of carbonyl (C=O) groups is 1. The summed E-state index contributed by atoms with van der Waals surface area (Å²) in [6.07, 6.45) is 0. The molecule has 0 saturated heterocycles. The molecule has 5 rings (SSSR count). The standard InChI is InChI=1S/C24H17NO6/c1-30-24(29)15-10-13-4-2-3-5-14(13)20(22(15)28)21-17(27)9-7-12-6-8-16-23(19(12)21)31-18(11-26)25-16/h2-10,26-28H,11H2,1H3. The first-order chi connectivity index (χ1) is 15.0. The highest BCUT2D eigenvalue weighted by Gasteiger charge is 2.25. The first kappa shape index (κ1) is 18.9. The molecule has 0 radical (unpaired) electrons. The summed E-state index contributed by atoms with van der Waals surface area (Å²) in [6.45, 7) is -0.379. The van der Waals surface area contributed by atoms with E-state index >= 15 is 0 Å². The number of ether oxygens (including phenoxy) is 1. The van der Waals surface area contributed by atoms with E-state index in [-0.39, 0.29) is 35.1 Å². The molecule has 0 aliphatic rings. The molecule has 3 N–H and O–H groups in total. The van der Waals surface area contributed by atoms with E-state index in [1.54, 1.807) is 36.4 Å². The molecule has 154 valence electrons. The van der Waals surface area contributed by atoms with Crippen LogP contribution in [0, 0.1) is 0 Å². The van der Waals surface area contributed by atoms with E-state index in [0.717, 1.165) is 5.39 Å². The van der Waals surface area contributed by atoms with Gasteiger partial charge in [0.25, 0.3) is 0 Å². The van der Waals surface area contributed by atoms with E-state index in [9.17, 15) is 20.1 Å². The lowest BCUT2D eigenvalue weighted by Gasteiger charge is -2.16. The molecule has 1 aromatic heterocycles. The Bertz CT molecular complexity index is 1500.